The summed E-state index contributed by atoms with van der Waals surface area (Å²) in [7, 11) is 0. The Hall–Kier alpha value is -1.31. The molecule has 0 saturated heterocycles. The SMILES string of the molecule is CCCC(CCC)C(=O)N[C@@H](C)c1ccccc1. The first-order valence-electron chi connectivity index (χ1n) is 7.04. The first-order valence-corrected chi connectivity index (χ1v) is 7.04. The van der Waals surface area contributed by atoms with Crippen LogP contribution in [0.4, 0.5) is 0 Å². The van der Waals surface area contributed by atoms with Crippen LogP contribution in [0.1, 0.15) is 58.1 Å². The van der Waals surface area contributed by atoms with E-state index in [-0.39, 0.29) is 17.9 Å². The van der Waals surface area contributed by atoms with Crippen molar-refractivity contribution < 1.29 is 4.79 Å². The number of benzene rings is 1. The lowest BCUT2D eigenvalue weighted by molar-refractivity contribution is -0.126. The van der Waals surface area contributed by atoms with Crippen LogP contribution < -0.4 is 5.32 Å². The van der Waals surface area contributed by atoms with Crippen molar-refractivity contribution in [1.29, 1.82) is 0 Å². The third kappa shape index (κ3) is 4.52. The van der Waals surface area contributed by atoms with E-state index in [9.17, 15) is 4.79 Å². The minimum absolute atomic E-state index is 0.0925. The highest BCUT2D eigenvalue weighted by atomic mass is 16.1. The predicted octanol–water partition coefficient (Wildman–Crippen LogP) is 4.08. The van der Waals surface area contributed by atoms with E-state index >= 15 is 0 Å². The molecule has 1 N–H and O–H groups in total. The number of carbonyl (C=O) groups is 1. The summed E-state index contributed by atoms with van der Waals surface area (Å²) < 4.78 is 0. The molecule has 1 aromatic carbocycles. The van der Waals surface area contributed by atoms with E-state index in [0.29, 0.717) is 0 Å². The molecule has 18 heavy (non-hydrogen) atoms. The molecule has 0 aromatic heterocycles. The minimum atomic E-state index is 0.0925. The number of rotatable bonds is 7. The number of amides is 1. The number of carbonyl (C=O) groups excluding carboxylic acids is 1. The van der Waals surface area contributed by atoms with Crippen molar-refractivity contribution in [2.75, 3.05) is 0 Å². The van der Waals surface area contributed by atoms with Gasteiger partial charge in [0.25, 0.3) is 0 Å². The van der Waals surface area contributed by atoms with Gasteiger partial charge in [-0.1, -0.05) is 57.0 Å². The first-order chi connectivity index (χ1) is 8.69. The Morgan fingerprint density at radius 1 is 1.11 bits per heavy atom. The van der Waals surface area contributed by atoms with Gasteiger partial charge in [-0.15, -0.1) is 0 Å². The second-order valence-electron chi connectivity index (χ2n) is 4.92. The van der Waals surface area contributed by atoms with Gasteiger partial charge in [0.2, 0.25) is 5.91 Å². The van der Waals surface area contributed by atoms with Crippen molar-refractivity contribution in [3.63, 3.8) is 0 Å². The Kier molecular flexibility index (Phi) is 6.48. The van der Waals surface area contributed by atoms with Gasteiger partial charge in [0.15, 0.2) is 0 Å². The topological polar surface area (TPSA) is 29.1 Å². The molecule has 100 valence electrons. The number of hydrogen-bond donors (Lipinski definition) is 1. The molecule has 0 saturated carbocycles. The third-order valence-corrected chi connectivity index (χ3v) is 3.30. The lowest BCUT2D eigenvalue weighted by atomic mass is 9.96. The molecule has 1 rings (SSSR count). The Morgan fingerprint density at radius 3 is 2.17 bits per heavy atom. The van der Waals surface area contributed by atoms with Crippen LogP contribution in [-0.2, 0) is 4.79 Å². The zero-order chi connectivity index (χ0) is 13.4. The summed E-state index contributed by atoms with van der Waals surface area (Å²) in [6.45, 7) is 6.31. The van der Waals surface area contributed by atoms with Gasteiger partial charge >= 0.3 is 0 Å². The molecule has 0 heterocycles. The first kappa shape index (κ1) is 14.7. The summed E-state index contributed by atoms with van der Waals surface area (Å²) >= 11 is 0. The lowest BCUT2D eigenvalue weighted by Gasteiger charge is -2.19. The second-order valence-corrected chi connectivity index (χ2v) is 4.92. The normalized spacial score (nSPS) is 12.4. The zero-order valence-electron chi connectivity index (χ0n) is 11.8. The maximum Gasteiger partial charge on any atom is 0.223 e. The predicted molar refractivity (Wildman–Crippen MR) is 76.3 cm³/mol. The fourth-order valence-electron chi connectivity index (χ4n) is 2.26. The van der Waals surface area contributed by atoms with Gasteiger partial charge in [-0.3, -0.25) is 4.79 Å². The van der Waals surface area contributed by atoms with E-state index in [1.54, 1.807) is 0 Å². The van der Waals surface area contributed by atoms with Gasteiger partial charge in [0, 0.05) is 5.92 Å². The molecule has 0 spiro atoms. The third-order valence-electron chi connectivity index (χ3n) is 3.30. The van der Waals surface area contributed by atoms with E-state index in [1.807, 2.05) is 25.1 Å². The molecule has 0 aliphatic heterocycles. The van der Waals surface area contributed by atoms with Gasteiger partial charge in [-0.25, -0.2) is 0 Å². The molecule has 0 aliphatic rings. The highest BCUT2D eigenvalue weighted by Crippen LogP contribution is 2.17. The van der Waals surface area contributed by atoms with Gasteiger partial charge in [0.05, 0.1) is 6.04 Å². The van der Waals surface area contributed by atoms with Crippen LogP contribution >= 0.6 is 0 Å². The van der Waals surface area contributed by atoms with Crippen molar-refractivity contribution in [2.45, 2.75) is 52.5 Å². The van der Waals surface area contributed by atoms with E-state index < -0.39 is 0 Å². The molecule has 1 atom stereocenters. The highest BCUT2D eigenvalue weighted by molar-refractivity contribution is 5.79. The summed E-state index contributed by atoms with van der Waals surface area (Å²) in [5.74, 6) is 0.376. The molecule has 0 aliphatic carbocycles. The standard InChI is InChI=1S/C16H25NO/c1-4-9-15(10-5-2)16(18)17-13(3)14-11-7-6-8-12-14/h6-8,11-13,15H,4-5,9-10H2,1-3H3,(H,17,18)/t13-/m0/s1. The van der Waals surface area contributed by atoms with Crippen molar-refractivity contribution in [2.24, 2.45) is 5.92 Å². The Labute approximate surface area is 111 Å². The minimum Gasteiger partial charge on any atom is -0.349 e. The van der Waals surface area contributed by atoms with E-state index in [4.69, 9.17) is 0 Å². The summed E-state index contributed by atoms with van der Waals surface area (Å²) in [5, 5.41) is 3.13. The van der Waals surface area contributed by atoms with E-state index in [0.717, 1.165) is 31.2 Å². The fraction of sp³-hybridized carbons (Fsp3) is 0.562. The second kappa shape index (κ2) is 7.91. The van der Waals surface area contributed by atoms with Crippen molar-refractivity contribution in [3.8, 4) is 0 Å². The number of nitrogens with one attached hydrogen (secondary N) is 1. The summed E-state index contributed by atoms with van der Waals surface area (Å²) in [6.07, 6.45) is 4.11. The van der Waals surface area contributed by atoms with Gasteiger partial charge < -0.3 is 5.32 Å². The fourth-order valence-corrected chi connectivity index (χ4v) is 2.26. The molecule has 2 nitrogen and oxygen atoms in total. The molecule has 1 aromatic rings. The van der Waals surface area contributed by atoms with Gasteiger partial charge in [-0.05, 0) is 25.3 Å². The van der Waals surface area contributed by atoms with E-state index in [1.165, 1.54) is 0 Å². The molecule has 1 amide bonds. The molecule has 2 heteroatoms. The smallest absolute Gasteiger partial charge is 0.223 e. The Morgan fingerprint density at radius 2 is 1.67 bits per heavy atom. The molecular formula is C16H25NO. The van der Waals surface area contributed by atoms with Crippen molar-refractivity contribution >= 4 is 5.91 Å². The molecule has 0 unspecified atom stereocenters. The van der Waals surface area contributed by atoms with Crippen LogP contribution in [0.2, 0.25) is 0 Å². The van der Waals surface area contributed by atoms with Crippen LogP contribution in [-0.4, -0.2) is 5.91 Å². The average molecular weight is 247 g/mol. The van der Waals surface area contributed by atoms with Crippen LogP contribution in [0.25, 0.3) is 0 Å². The monoisotopic (exact) mass is 247 g/mol. The van der Waals surface area contributed by atoms with E-state index in [2.05, 4.69) is 31.3 Å². The van der Waals surface area contributed by atoms with Crippen molar-refractivity contribution in [3.05, 3.63) is 35.9 Å². The molecule has 0 bridgehead atoms. The number of hydrogen-bond acceptors (Lipinski definition) is 1. The quantitative estimate of drug-likeness (QED) is 0.773. The largest absolute Gasteiger partial charge is 0.349 e. The van der Waals surface area contributed by atoms with Crippen LogP contribution in [0.15, 0.2) is 30.3 Å². The van der Waals surface area contributed by atoms with Crippen molar-refractivity contribution in [1.82, 2.24) is 5.32 Å². The average Bonchev–Trinajstić information content (AvgIpc) is 2.39. The zero-order valence-corrected chi connectivity index (χ0v) is 11.8. The van der Waals surface area contributed by atoms with Crippen LogP contribution in [0.3, 0.4) is 0 Å². The lowest BCUT2D eigenvalue weighted by Crippen LogP contribution is -2.32. The maximum atomic E-state index is 12.2. The Balaban J connectivity index is 2.57. The molecule has 0 fully saturated rings. The van der Waals surface area contributed by atoms with Gasteiger partial charge in [-0.2, -0.15) is 0 Å². The summed E-state index contributed by atoms with van der Waals surface area (Å²) in [6, 6.07) is 10.2. The maximum absolute atomic E-state index is 12.2. The summed E-state index contributed by atoms with van der Waals surface area (Å²) in [4.78, 5) is 12.2. The molecular weight excluding hydrogens is 222 g/mol. The van der Waals surface area contributed by atoms with Gasteiger partial charge in [0.1, 0.15) is 0 Å². The Bertz CT molecular complexity index is 341. The van der Waals surface area contributed by atoms with Crippen LogP contribution in [0.5, 0.6) is 0 Å². The summed E-state index contributed by atoms with van der Waals surface area (Å²) in [5.41, 5.74) is 1.16. The van der Waals surface area contributed by atoms with Crippen LogP contribution in [0, 0.1) is 5.92 Å². The highest BCUT2D eigenvalue weighted by Gasteiger charge is 2.18. The molecule has 0 radical (unpaired) electrons.